The molecule has 7 nitrogen and oxygen atoms in total. The van der Waals surface area contributed by atoms with Crippen LogP contribution in [0.25, 0.3) is 0 Å². The normalized spacial score (nSPS) is 26.6. The summed E-state index contributed by atoms with van der Waals surface area (Å²) in [5.41, 5.74) is 0.207. The summed E-state index contributed by atoms with van der Waals surface area (Å²) in [7, 11) is -1.88. The van der Waals surface area contributed by atoms with Gasteiger partial charge in [0.05, 0.1) is 24.6 Å². The van der Waals surface area contributed by atoms with E-state index in [4.69, 9.17) is 4.74 Å². The molecule has 0 radical (unpaired) electrons. The van der Waals surface area contributed by atoms with Crippen molar-refractivity contribution in [1.29, 1.82) is 0 Å². The highest BCUT2D eigenvalue weighted by atomic mass is 32.2. The molecule has 2 aliphatic heterocycles. The zero-order valence-corrected chi connectivity index (χ0v) is 15.2. The second-order valence-corrected chi connectivity index (χ2v) is 8.90. The van der Waals surface area contributed by atoms with E-state index in [0.717, 1.165) is 0 Å². The third kappa shape index (κ3) is 3.22. The van der Waals surface area contributed by atoms with Crippen LogP contribution in [-0.2, 0) is 21.8 Å². The Kier molecular flexibility index (Phi) is 4.25. The number of aryl methyl sites for hydroxylation is 1. The highest BCUT2D eigenvalue weighted by Crippen LogP contribution is 2.38. The van der Waals surface area contributed by atoms with E-state index in [2.05, 4.69) is 10.3 Å². The molecule has 0 unspecified atom stereocenters. The molecule has 0 bridgehead atoms. The number of benzene rings is 1. The number of hydrogen-bond acceptors (Lipinski definition) is 5. The van der Waals surface area contributed by atoms with E-state index < -0.39 is 15.6 Å². The van der Waals surface area contributed by atoms with Crippen LogP contribution in [0.5, 0.6) is 0 Å². The first-order chi connectivity index (χ1) is 12.4. The third-order valence-corrected chi connectivity index (χ3v) is 6.70. The number of imidazole rings is 1. The standard InChI is InChI=1S/C17H21FN4O3S/c1-21-9-16(19-12-21)26(23,24)22-6-5-17(11-22)8-15(10-25-17)20-14-4-2-3-13(18)7-14/h2-4,7,9,12,15,20H,5-6,8,10-11H2,1H3/t15-,17-/m1/s1. The average Bonchev–Trinajstić information content (AvgIpc) is 3.30. The smallest absolute Gasteiger partial charge is 0.262 e. The van der Waals surface area contributed by atoms with E-state index >= 15 is 0 Å². The molecule has 2 saturated heterocycles. The van der Waals surface area contributed by atoms with Gasteiger partial charge in [-0.25, -0.2) is 17.8 Å². The van der Waals surface area contributed by atoms with E-state index in [-0.39, 0.29) is 16.9 Å². The van der Waals surface area contributed by atoms with Gasteiger partial charge >= 0.3 is 0 Å². The van der Waals surface area contributed by atoms with Crippen LogP contribution in [0.4, 0.5) is 10.1 Å². The minimum absolute atomic E-state index is 0.0225. The Balaban J connectivity index is 1.43. The molecule has 1 N–H and O–H groups in total. The Labute approximate surface area is 151 Å². The molecular weight excluding hydrogens is 359 g/mol. The van der Waals surface area contributed by atoms with Gasteiger partial charge in [-0.3, -0.25) is 0 Å². The highest BCUT2D eigenvalue weighted by molar-refractivity contribution is 7.89. The Morgan fingerprint density at radius 3 is 3.00 bits per heavy atom. The first-order valence-electron chi connectivity index (χ1n) is 8.51. The van der Waals surface area contributed by atoms with Crippen molar-refractivity contribution in [2.75, 3.05) is 25.0 Å². The summed E-state index contributed by atoms with van der Waals surface area (Å²) in [4.78, 5) is 3.97. The first-order valence-corrected chi connectivity index (χ1v) is 9.95. The highest BCUT2D eigenvalue weighted by Gasteiger charge is 2.49. The number of sulfonamides is 1. The molecule has 1 aromatic heterocycles. The van der Waals surface area contributed by atoms with Crippen LogP contribution in [0.3, 0.4) is 0 Å². The van der Waals surface area contributed by atoms with Gasteiger partial charge in [0.1, 0.15) is 5.82 Å². The number of rotatable bonds is 4. The predicted molar refractivity (Wildman–Crippen MR) is 93.7 cm³/mol. The maximum absolute atomic E-state index is 13.3. The molecule has 4 rings (SSSR count). The number of ether oxygens (including phenoxy) is 1. The molecular formula is C17H21FN4O3S. The number of aromatic nitrogens is 2. The van der Waals surface area contributed by atoms with Crippen LogP contribution < -0.4 is 5.32 Å². The van der Waals surface area contributed by atoms with Crippen LogP contribution in [-0.4, -0.2) is 53.6 Å². The summed E-state index contributed by atoms with van der Waals surface area (Å²) in [5, 5.41) is 3.33. The third-order valence-electron chi connectivity index (χ3n) is 4.97. The van der Waals surface area contributed by atoms with Crippen molar-refractivity contribution < 1.29 is 17.5 Å². The van der Waals surface area contributed by atoms with Gasteiger partial charge in [0.2, 0.25) is 0 Å². The molecule has 140 valence electrons. The second kappa shape index (κ2) is 6.33. The zero-order chi connectivity index (χ0) is 18.4. The monoisotopic (exact) mass is 380 g/mol. The van der Waals surface area contributed by atoms with Crippen LogP contribution >= 0.6 is 0 Å². The van der Waals surface area contributed by atoms with E-state index in [1.54, 1.807) is 23.7 Å². The van der Waals surface area contributed by atoms with Crippen molar-refractivity contribution in [3.8, 4) is 0 Å². The van der Waals surface area contributed by atoms with Gasteiger partial charge in [0, 0.05) is 38.4 Å². The van der Waals surface area contributed by atoms with Gasteiger partial charge in [-0.2, -0.15) is 4.31 Å². The summed E-state index contributed by atoms with van der Waals surface area (Å²) in [6.07, 6.45) is 4.30. The molecule has 1 aromatic carbocycles. The molecule has 3 heterocycles. The number of nitrogens with zero attached hydrogens (tertiary/aromatic N) is 3. The minimum Gasteiger partial charge on any atom is -0.380 e. The van der Waals surface area contributed by atoms with Gasteiger partial charge < -0.3 is 14.6 Å². The molecule has 2 fully saturated rings. The lowest BCUT2D eigenvalue weighted by molar-refractivity contribution is 0.0173. The summed E-state index contributed by atoms with van der Waals surface area (Å²) in [6, 6.07) is 6.32. The fourth-order valence-corrected chi connectivity index (χ4v) is 5.18. The number of halogens is 1. The summed E-state index contributed by atoms with van der Waals surface area (Å²) >= 11 is 0. The molecule has 1 spiro atoms. The molecule has 26 heavy (non-hydrogen) atoms. The molecule has 0 aliphatic carbocycles. The molecule has 0 saturated carbocycles. The lowest BCUT2D eigenvalue weighted by atomic mass is 9.97. The molecule has 2 aromatic rings. The Morgan fingerprint density at radius 2 is 2.27 bits per heavy atom. The van der Waals surface area contributed by atoms with Crippen LogP contribution in [0, 0.1) is 5.82 Å². The van der Waals surface area contributed by atoms with Crippen LogP contribution in [0.15, 0.2) is 41.8 Å². The lowest BCUT2D eigenvalue weighted by Crippen LogP contribution is -2.36. The van der Waals surface area contributed by atoms with Crippen molar-refractivity contribution in [3.63, 3.8) is 0 Å². The maximum Gasteiger partial charge on any atom is 0.262 e. The van der Waals surface area contributed by atoms with E-state index in [1.807, 2.05) is 0 Å². The molecule has 2 aliphatic rings. The topological polar surface area (TPSA) is 76.5 Å². The van der Waals surface area contributed by atoms with Crippen molar-refractivity contribution in [1.82, 2.24) is 13.9 Å². The van der Waals surface area contributed by atoms with E-state index in [9.17, 15) is 12.8 Å². The van der Waals surface area contributed by atoms with Crippen molar-refractivity contribution >= 4 is 15.7 Å². The molecule has 2 atom stereocenters. The van der Waals surface area contributed by atoms with Gasteiger partial charge in [-0.15, -0.1) is 0 Å². The lowest BCUT2D eigenvalue weighted by Gasteiger charge is -2.23. The SMILES string of the molecule is Cn1cnc(S(=O)(=O)N2CC[C@@]3(C[C@@H](Nc4cccc(F)c4)CO3)C2)c1. The Bertz CT molecular complexity index is 916. The Morgan fingerprint density at radius 1 is 1.42 bits per heavy atom. The fourth-order valence-electron chi connectivity index (χ4n) is 3.70. The number of hydrogen-bond donors (Lipinski definition) is 1. The van der Waals surface area contributed by atoms with Gasteiger partial charge in [0.15, 0.2) is 5.03 Å². The number of anilines is 1. The van der Waals surface area contributed by atoms with Crippen LogP contribution in [0.2, 0.25) is 0 Å². The second-order valence-electron chi connectivity index (χ2n) is 7.02. The zero-order valence-electron chi connectivity index (χ0n) is 14.4. The summed E-state index contributed by atoms with van der Waals surface area (Å²) in [5.74, 6) is -0.294. The van der Waals surface area contributed by atoms with Crippen molar-refractivity contribution in [3.05, 3.63) is 42.6 Å². The number of nitrogens with one attached hydrogen (secondary N) is 1. The van der Waals surface area contributed by atoms with Gasteiger partial charge in [-0.05, 0) is 24.6 Å². The molecule has 0 amide bonds. The summed E-state index contributed by atoms with van der Waals surface area (Å²) < 4.78 is 47.9. The first kappa shape index (κ1) is 17.4. The predicted octanol–water partition coefficient (Wildman–Crippen LogP) is 1.59. The van der Waals surface area contributed by atoms with E-state index in [1.165, 1.54) is 29.0 Å². The van der Waals surface area contributed by atoms with Crippen LogP contribution in [0.1, 0.15) is 12.8 Å². The Hall–Kier alpha value is -1.97. The van der Waals surface area contributed by atoms with Crippen molar-refractivity contribution in [2.45, 2.75) is 29.5 Å². The average molecular weight is 380 g/mol. The quantitative estimate of drug-likeness (QED) is 0.872. The van der Waals surface area contributed by atoms with Crippen molar-refractivity contribution in [2.24, 2.45) is 7.05 Å². The van der Waals surface area contributed by atoms with Gasteiger partial charge in [0.25, 0.3) is 10.0 Å². The fraction of sp³-hybridized carbons (Fsp3) is 0.471. The van der Waals surface area contributed by atoms with Gasteiger partial charge in [-0.1, -0.05) is 6.07 Å². The molecule has 9 heteroatoms. The maximum atomic E-state index is 13.3. The van der Waals surface area contributed by atoms with E-state index in [0.29, 0.717) is 38.2 Å². The minimum atomic E-state index is -3.61. The largest absolute Gasteiger partial charge is 0.380 e. The summed E-state index contributed by atoms with van der Waals surface area (Å²) in [6.45, 7) is 1.19.